The van der Waals surface area contributed by atoms with E-state index in [4.69, 9.17) is 14.3 Å². The first-order chi connectivity index (χ1) is 28.3. The molecule has 0 spiro atoms. The Labute approximate surface area is 357 Å². The molecule has 14 heteroatoms. The number of nitrogens with zero attached hydrogens (tertiary/aromatic N) is 4. The summed E-state index contributed by atoms with van der Waals surface area (Å²) < 4.78 is 12.0. The van der Waals surface area contributed by atoms with Crippen LogP contribution in [0.3, 0.4) is 0 Å². The van der Waals surface area contributed by atoms with Crippen molar-refractivity contribution in [3.8, 4) is 0 Å². The number of hydrogen-bond donors (Lipinski definition) is 0. The van der Waals surface area contributed by atoms with Gasteiger partial charge in [-0.05, 0) is 56.7 Å². The largest absolute Gasteiger partial charge is 0.379 e. The minimum absolute atomic E-state index is 0.0152. The number of carbonyl (C=O) groups excluding carboxylic acids is 7. The number of imide groups is 1. The van der Waals surface area contributed by atoms with Crippen LogP contribution in [0.2, 0.25) is 0 Å². The third kappa shape index (κ3) is 12.8. The fourth-order valence-corrected chi connectivity index (χ4v) is 9.19. The van der Waals surface area contributed by atoms with E-state index in [1.807, 2.05) is 90.9 Å². The van der Waals surface area contributed by atoms with Gasteiger partial charge in [-0.1, -0.05) is 85.2 Å². The molecule has 2 heterocycles. The van der Waals surface area contributed by atoms with E-state index < -0.39 is 59.8 Å². The SMILES string of the molecule is CC[C@H](C)[C@@H]([C@@H](CC(=O)N1CCC[C@H]1[C@H](OC)[C@@H](C)C(=O)C[C@@H](Cc1ccccc1)C(=O)ON1C(=O)CCC1=O)OC)N(C)C(=O)C(CC(=O)[C@H](C(C)C)N(C)C)C(C)C. The number of amides is 4. The van der Waals surface area contributed by atoms with Crippen LogP contribution in [0.5, 0.6) is 0 Å². The molecule has 1 aromatic rings. The monoisotopic (exact) mass is 841 g/mol. The van der Waals surface area contributed by atoms with Crippen molar-refractivity contribution in [2.45, 2.75) is 137 Å². The van der Waals surface area contributed by atoms with Crippen molar-refractivity contribution in [2.24, 2.45) is 35.5 Å². The molecule has 9 atom stereocenters. The lowest BCUT2D eigenvalue weighted by Gasteiger charge is -2.41. The number of likely N-dealkylation sites (tertiary alicyclic amines) is 1. The first-order valence-corrected chi connectivity index (χ1v) is 21.7. The molecule has 336 valence electrons. The second-order valence-electron chi connectivity index (χ2n) is 17.8. The average molecular weight is 841 g/mol. The highest BCUT2D eigenvalue weighted by molar-refractivity contribution is 6.02. The number of rotatable bonds is 24. The molecule has 0 bridgehead atoms. The fraction of sp³-hybridized carbons (Fsp3) is 0.717. The highest BCUT2D eigenvalue weighted by atomic mass is 16.7. The minimum Gasteiger partial charge on any atom is -0.379 e. The summed E-state index contributed by atoms with van der Waals surface area (Å²) in [6, 6.07) is 7.90. The molecular weight excluding hydrogens is 769 g/mol. The van der Waals surface area contributed by atoms with E-state index in [9.17, 15) is 33.6 Å². The van der Waals surface area contributed by atoms with Crippen LogP contribution in [-0.2, 0) is 54.3 Å². The Balaban J connectivity index is 1.81. The van der Waals surface area contributed by atoms with Gasteiger partial charge < -0.3 is 24.1 Å². The Morgan fingerprint density at radius 3 is 1.95 bits per heavy atom. The molecule has 2 aliphatic heterocycles. The molecule has 2 saturated heterocycles. The van der Waals surface area contributed by atoms with E-state index in [1.165, 1.54) is 7.11 Å². The third-order valence-electron chi connectivity index (χ3n) is 12.7. The Morgan fingerprint density at radius 2 is 1.43 bits per heavy atom. The number of ketones is 2. The second-order valence-corrected chi connectivity index (χ2v) is 17.8. The Kier molecular flexibility index (Phi) is 19.5. The van der Waals surface area contributed by atoms with Gasteiger partial charge in [0.2, 0.25) is 11.8 Å². The summed E-state index contributed by atoms with van der Waals surface area (Å²) in [5, 5.41) is 0.499. The topological polar surface area (TPSA) is 160 Å². The van der Waals surface area contributed by atoms with Crippen molar-refractivity contribution in [1.29, 1.82) is 0 Å². The van der Waals surface area contributed by atoms with Crippen molar-refractivity contribution in [2.75, 3.05) is 41.9 Å². The van der Waals surface area contributed by atoms with E-state index >= 15 is 0 Å². The zero-order valence-corrected chi connectivity index (χ0v) is 38.2. The lowest BCUT2D eigenvalue weighted by molar-refractivity contribution is -0.200. The molecule has 1 aromatic carbocycles. The van der Waals surface area contributed by atoms with Crippen LogP contribution in [0.1, 0.15) is 105 Å². The van der Waals surface area contributed by atoms with Crippen LogP contribution in [0.25, 0.3) is 0 Å². The van der Waals surface area contributed by atoms with Crippen molar-refractivity contribution >= 4 is 41.2 Å². The maximum absolute atomic E-state index is 14.4. The predicted octanol–water partition coefficient (Wildman–Crippen LogP) is 5.15. The number of methoxy groups -OCH3 is 2. The van der Waals surface area contributed by atoms with Crippen LogP contribution in [-0.4, -0.2) is 133 Å². The second kappa shape index (κ2) is 23.3. The van der Waals surface area contributed by atoms with Gasteiger partial charge in [-0.15, -0.1) is 5.06 Å². The molecule has 1 unspecified atom stereocenters. The van der Waals surface area contributed by atoms with Crippen LogP contribution in [0.15, 0.2) is 30.3 Å². The summed E-state index contributed by atoms with van der Waals surface area (Å²) in [5.41, 5.74) is 0.780. The van der Waals surface area contributed by atoms with Gasteiger partial charge in [0.15, 0.2) is 5.78 Å². The first-order valence-electron chi connectivity index (χ1n) is 21.7. The van der Waals surface area contributed by atoms with Crippen LogP contribution >= 0.6 is 0 Å². The molecule has 3 rings (SSSR count). The third-order valence-corrected chi connectivity index (χ3v) is 12.7. The van der Waals surface area contributed by atoms with Gasteiger partial charge in [0.05, 0.1) is 42.7 Å². The zero-order valence-electron chi connectivity index (χ0n) is 38.2. The van der Waals surface area contributed by atoms with Gasteiger partial charge in [-0.2, -0.15) is 0 Å². The molecule has 2 fully saturated rings. The summed E-state index contributed by atoms with van der Waals surface area (Å²) in [7, 11) is 8.56. The summed E-state index contributed by atoms with van der Waals surface area (Å²) in [6.45, 7) is 14.2. The highest BCUT2D eigenvalue weighted by Crippen LogP contribution is 2.32. The van der Waals surface area contributed by atoms with Gasteiger partial charge in [0.25, 0.3) is 11.8 Å². The smallest absolute Gasteiger partial charge is 0.337 e. The molecule has 14 nitrogen and oxygen atoms in total. The van der Waals surface area contributed by atoms with Crippen LogP contribution < -0.4 is 0 Å². The molecular formula is C46H72N4O10. The molecule has 0 N–H and O–H groups in total. The van der Waals surface area contributed by atoms with Gasteiger partial charge in [-0.3, -0.25) is 33.7 Å². The molecule has 0 aliphatic carbocycles. The Hall–Kier alpha value is -4.01. The lowest BCUT2D eigenvalue weighted by atomic mass is 9.83. The molecule has 4 amide bonds. The summed E-state index contributed by atoms with van der Waals surface area (Å²) >= 11 is 0. The minimum atomic E-state index is -0.986. The number of Topliss-reactive ketones (excluding diaryl/α,β-unsaturated/α-hetero) is 2. The van der Waals surface area contributed by atoms with E-state index in [1.54, 1.807) is 30.9 Å². The van der Waals surface area contributed by atoms with Crippen molar-refractivity contribution in [3.63, 3.8) is 0 Å². The van der Waals surface area contributed by atoms with Crippen LogP contribution in [0.4, 0.5) is 0 Å². The standard InChI is InChI=1S/C46H72N4O10/c1-13-30(6)43(48(10)45(56)34(28(2)3)26-37(52)42(29(4)5)47(8)9)38(58-11)27-41(55)49-23-17-20-35(49)44(59-12)31(7)36(51)25-33(24-32-18-15-14-16-19-32)46(57)60-50-39(53)21-22-40(50)54/h14-16,18-19,28-31,33-35,38,42-44H,13,17,20-27H2,1-12H3/t30-,31-,33+,34?,35-,38+,42-,43-,44+/m0/s1. The first kappa shape index (κ1) is 50.3. The highest BCUT2D eigenvalue weighted by Gasteiger charge is 2.44. The maximum atomic E-state index is 14.4. The lowest BCUT2D eigenvalue weighted by Crippen LogP contribution is -2.54. The number of benzene rings is 1. The summed E-state index contributed by atoms with van der Waals surface area (Å²) in [5.74, 6) is -4.98. The number of hydroxylamine groups is 2. The van der Waals surface area contributed by atoms with Crippen LogP contribution in [0, 0.1) is 35.5 Å². The average Bonchev–Trinajstić information content (AvgIpc) is 3.81. The normalized spacial score (nSPS) is 19.9. The Bertz CT molecular complexity index is 1610. The molecule has 2 aliphatic rings. The van der Waals surface area contributed by atoms with Gasteiger partial charge >= 0.3 is 5.97 Å². The number of carbonyl (C=O) groups is 7. The fourth-order valence-electron chi connectivity index (χ4n) is 9.19. The van der Waals surface area contributed by atoms with E-state index in [-0.39, 0.29) is 85.7 Å². The number of likely N-dealkylation sites (N-methyl/N-ethyl adjacent to an activating group) is 2. The quantitative estimate of drug-likeness (QED) is 0.127. The van der Waals surface area contributed by atoms with Crippen molar-refractivity contribution < 1.29 is 47.9 Å². The molecule has 0 aromatic heterocycles. The number of hydrogen-bond acceptors (Lipinski definition) is 11. The van der Waals surface area contributed by atoms with E-state index in [0.29, 0.717) is 24.4 Å². The van der Waals surface area contributed by atoms with Gasteiger partial charge in [-0.25, -0.2) is 4.79 Å². The summed E-state index contributed by atoms with van der Waals surface area (Å²) in [4.78, 5) is 105. The summed E-state index contributed by atoms with van der Waals surface area (Å²) in [6.07, 6.45) is 0.568. The predicted molar refractivity (Wildman–Crippen MR) is 227 cm³/mol. The van der Waals surface area contributed by atoms with Gasteiger partial charge in [0, 0.05) is 65.3 Å². The molecule has 0 saturated carbocycles. The van der Waals surface area contributed by atoms with Crippen molar-refractivity contribution in [1.82, 2.24) is 19.8 Å². The molecule has 60 heavy (non-hydrogen) atoms. The van der Waals surface area contributed by atoms with E-state index in [0.717, 1.165) is 12.0 Å². The zero-order chi connectivity index (χ0) is 45.0. The number of ether oxygens (including phenoxy) is 2. The van der Waals surface area contributed by atoms with Crippen molar-refractivity contribution in [3.05, 3.63) is 35.9 Å². The van der Waals surface area contributed by atoms with Gasteiger partial charge in [0.1, 0.15) is 5.78 Å². The molecule has 0 radical (unpaired) electrons. The Morgan fingerprint density at radius 1 is 0.817 bits per heavy atom. The maximum Gasteiger partial charge on any atom is 0.337 e. The van der Waals surface area contributed by atoms with E-state index in [2.05, 4.69) is 0 Å².